The summed E-state index contributed by atoms with van der Waals surface area (Å²) in [4.78, 5) is 14.3. The third kappa shape index (κ3) is 3.67. The highest BCUT2D eigenvalue weighted by molar-refractivity contribution is 7.66. The lowest BCUT2D eigenvalue weighted by molar-refractivity contribution is -0.140. The number of benzene rings is 4. The minimum Gasteiger partial charge on any atom is -0.325 e. The lowest BCUT2D eigenvalue weighted by atomic mass is 9.49. The Bertz CT molecular complexity index is 1530. The molecule has 4 aromatic rings. The zero-order chi connectivity index (χ0) is 25.3. The quantitative estimate of drug-likeness (QED) is 0.270. The number of rotatable bonds is 4. The lowest BCUT2D eigenvalue weighted by Gasteiger charge is -2.55. The fourth-order valence-electron chi connectivity index (χ4n) is 9.03. The van der Waals surface area contributed by atoms with Crippen LogP contribution in [0.1, 0.15) is 51.4 Å². The summed E-state index contributed by atoms with van der Waals surface area (Å²) in [6, 6.07) is 26.8. The zero-order valence-corrected chi connectivity index (χ0v) is 23.0. The molecule has 192 valence electrons. The van der Waals surface area contributed by atoms with Gasteiger partial charge < -0.3 is 5.32 Å². The highest BCUT2D eigenvalue weighted by Crippen LogP contribution is 2.60. The standard InChI is InChI=1S/C35H36NOP/c37-34(35-20-23-17-24(21-35)19-25(18-23)22-35)36-30-13-11-26-7-1-3-9-28(26)32(30)33-29-10-4-2-8-27(29)12-14-31(33)38-15-5-6-16-38/h1-4,7-14,23-25H,5-6,15-22H2,(H,36,37). The number of carbonyl (C=O) groups is 1. The largest absolute Gasteiger partial charge is 0.325 e. The maximum Gasteiger partial charge on any atom is 0.230 e. The molecule has 0 radical (unpaired) electrons. The molecule has 1 N–H and O–H groups in total. The normalized spacial score (nSPS) is 28.4. The molecule has 38 heavy (non-hydrogen) atoms. The molecule has 1 saturated heterocycles. The van der Waals surface area contributed by atoms with Crippen molar-refractivity contribution in [1.29, 1.82) is 0 Å². The van der Waals surface area contributed by atoms with Crippen molar-refractivity contribution in [3.8, 4) is 11.1 Å². The van der Waals surface area contributed by atoms with Crippen molar-refractivity contribution in [2.24, 2.45) is 23.2 Å². The first-order chi connectivity index (χ1) is 18.7. The Morgan fingerprint density at radius 3 is 1.87 bits per heavy atom. The summed E-state index contributed by atoms with van der Waals surface area (Å²) in [6.45, 7) is 0. The van der Waals surface area contributed by atoms with Gasteiger partial charge in [-0.2, -0.15) is 0 Å². The van der Waals surface area contributed by atoms with Crippen molar-refractivity contribution in [1.82, 2.24) is 0 Å². The van der Waals surface area contributed by atoms with Crippen LogP contribution in [-0.4, -0.2) is 18.2 Å². The van der Waals surface area contributed by atoms with E-state index in [4.69, 9.17) is 0 Å². The minimum absolute atomic E-state index is 0.158. The molecule has 1 heterocycles. The molecular formula is C35H36NOP. The fraction of sp³-hybridized carbons (Fsp3) is 0.400. The van der Waals surface area contributed by atoms with E-state index in [1.165, 1.54) is 82.4 Å². The summed E-state index contributed by atoms with van der Waals surface area (Å²) in [5.74, 6) is 2.58. The molecule has 0 atom stereocenters. The third-order valence-electron chi connectivity index (χ3n) is 10.3. The van der Waals surface area contributed by atoms with Gasteiger partial charge in [-0.05, 0) is 120 Å². The van der Waals surface area contributed by atoms with Crippen LogP contribution >= 0.6 is 7.92 Å². The van der Waals surface area contributed by atoms with Gasteiger partial charge in [-0.25, -0.2) is 0 Å². The summed E-state index contributed by atoms with van der Waals surface area (Å²) < 4.78 is 0. The first-order valence-corrected chi connectivity index (χ1v) is 16.5. The Morgan fingerprint density at radius 1 is 0.684 bits per heavy atom. The zero-order valence-electron chi connectivity index (χ0n) is 22.1. The van der Waals surface area contributed by atoms with Gasteiger partial charge in [-0.1, -0.05) is 74.7 Å². The highest BCUT2D eigenvalue weighted by Gasteiger charge is 2.54. The Balaban J connectivity index is 1.32. The summed E-state index contributed by atoms with van der Waals surface area (Å²) in [7, 11) is -0.181. The number of fused-ring (bicyclic) bond motifs is 2. The smallest absolute Gasteiger partial charge is 0.230 e. The number of anilines is 1. The minimum atomic E-state index is -0.181. The van der Waals surface area contributed by atoms with Gasteiger partial charge >= 0.3 is 0 Å². The van der Waals surface area contributed by atoms with E-state index in [0.29, 0.717) is 5.91 Å². The van der Waals surface area contributed by atoms with Crippen molar-refractivity contribution < 1.29 is 4.79 Å². The van der Waals surface area contributed by atoms with Gasteiger partial charge in [0.1, 0.15) is 0 Å². The van der Waals surface area contributed by atoms with Crippen LogP contribution in [0, 0.1) is 23.2 Å². The Labute approximate surface area is 227 Å². The average molecular weight is 518 g/mol. The summed E-state index contributed by atoms with van der Waals surface area (Å²) in [5.41, 5.74) is 3.46. The van der Waals surface area contributed by atoms with Gasteiger partial charge in [0.05, 0.1) is 5.41 Å². The van der Waals surface area contributed by atoms with E-state index in [2.05, 4.69) is 78.1 Å². The summed E-state index contributed by atoms with van der Waals surface area (Å²) in [5, 5.41) is 10.2. The molecule has 3 heteroatoms. The molecule has 0 aromatic heterocycles. The van der Waals surface area contributed by atoms with E-state index >= 15 is 0 Å². The highest BCUT2D eigenvalue weighted by atomic mass is 31.1. The molecule has 4 bridgehead atoms. The van der Waals surface area contributed by atoms with Crippen molar-refractivity contribution >= 4 is 46.4 Å². The van der Waals surface area contributed by atoms with Crippen LogP contribution in [0.3, 0.4) is 0 Å². The second kappa shape index (κ2) is 8.92. The van der Waals surface area contributed by atoms with E-state index in [1.54, 1.807) is 0 Å². The molecule has 0 unspecified atom stereocenters. The summed E-state index contributed by atoms with van der Waals surface area (Å²) in [6.07, 6.45) is 12.7. The first kappa shape index (κ1) is 23.2. The molecule has 5 aliphatic rings. The summed E-state index contributed by atoms with van der Waals surface area (Å²) >= 11 is 0. The number of nitrogens with one attached hydrogen (secondary N) is 1. The van der Waals surface area contributed by atoms with E-state index in [1.807, 2.05) is 0 Å². The lowest BCUT2D eigenvalue weighted by Crippen LogP contribution is -2.51. The molecule has 4 saturated carbocycles. The van der Waals surface area contributed by atoms with Crippen LogP contribution in [0.2, 0.25) is 0 Å². The van der Waals surface area contributed by atoms with Crippen molar-refractivity contribution in [3.63, 3.8) is 0 Å². The predicted octanol–water partition coefficient (Wildman–Crippen LogP) is 8.72. The fourth-order valence-corrected chi connectivity index (χ4v) is 11.8. The van der Waals surface area contributed by atoms with Gasteiger partial charge in [-0.3, -0.25) is 4.79 Å². The van der Waals surface area contributed by atoms with Gasteiger partial charge in [0.25, 0.3) is 0 Å². The topological polar surface area (TPSA) is 29.1 Å². The molecule has 9 rings (SSSR count). The molecule has 1 amide bonds. The Hall–Kier alpha value is -2.70. The van der Waals surface area contributed by atoms with E-state index in [0.717, 1.165) is 42.7 Å². The molecule has 5 fully saturated rings. The second-order valence-electron chi connectivity index (χ2n) is 12.7. The third-order valence-corrected chi connectivity index (χ3v) is 13.1. The van der Waals surface area contributed by atoms with Crippen molar-refractivity contribution in [2.45, 2.75) is 51.4 Å². The molecule has 1 aliphatic heterocycles. The van der Waals surface area contributed by atoms with Gasteiger partial charge in [0, 0.05) is 11.3 Å². The Kier molecular flexibility index (Phi) is 5.45. The average Bonchev–Trinajstić information content (AvgIpc) is 3.47. The molecule has 4 aromatic carbocycles. The van der Waals surface area contributed by atoms with Crippen LogP contribution in [-0.2, 0) is 4.79 Å². The second-order valence-corrected chi connectivity index (χ2v) is 15.2. The number of hydrogen-bond donors (Lipinski definition) is 1. The SMILES string of the molecule is O=C(Nc1ccc2ccccc2c1-c1c(P2CCCC2)ccc2ccccc12)C12CC3CC(CC(C3)C1)C2. The molecule has 2 nitrogen and oxygen atoms in total. The predicted molar refractivity (Wildman–Crippen MR) is 162 cm³/mol. The first-order valence-electron chi connectivity index (χ1n) is 14.8. The monoisotopic (exact) mass is 517 g/mol. The molecular weight excluding hydrogens is 481 g/mol. The van der Waals surface area contributed by atoms with Gasteiger partial charge in [-0.15, -0.1) is 0 Å². The maximum absolute atomic E-state index is 14.3. The number of amides is 1. The van der Waals surface area contributed by atoms with Crippen LogP contribution in [0.4, 0.5) is 5.69 Å². The molecule has 4 aliphatic carbocycles. The van der Waals surface area contributed by atoms with Crippen LogP contribution in [0.25, 0.3) is 32.7 Å². The number of carbonyl (C=O) groups excluding carboxylic acids is 1. The van der Waals surface area contributed by atoms with Crippen LogP contribution in [0.15, 0.2) is 72.8 Å². The van der Waals surface area contributed by atoms with Crippen molar-refractivity contribution in [3.05, 3.63) is 72.8 Å². The van der Waals surface area contributed by atoms with Gasteiger partial charge in [0.2, 0.25) is 5.91 Å². The maximum atomic E-state index is 14.3. The van der Waals surface area contributed by atoms with Gasteiger partial charge in [0.15, 0.2) is 0 Å². The van der Waals surface area contributed by atoms with E-state index < -0.39 is 0 Å². The van der Waals surface area contributed by atoms with Crippen molar-refractivity contribution in [2.75, 3.05) is 17.6 Å². The van der Waals surface area contributed by atoms with Crippen LogP contribution in [0.5, 0.6) is 0 Å². The van der Waals surface area contributed by atoms with E-state index in [-0.39, 0.29) is 13.3 Å². The number of hydrogen-bond acceptors (Lipinski definition) is 1. The van der Waals surface area contributed by atoms with Crippen LogP contribution < -0.4 is 10.6 Å². The van der Waals surface area contributed by atoms with E-state index in [9.17, 15) is 4.79 Å². The molecule has 0 spiro atoms. The Morgan fingerprint density at radius 2 is 1.24 bits per heavy atom.